The summed E-state index contributed by atoms with van der Waals surface area (Å²) in [4.78, 5) is 11.0. The summed E-state index contributed by atoms with van der Waals surface area (Å²) < 4.78 is 4.66. The lowest BCUT2D eigenvalue weighted by atomic mass is 9.90. The van der Waals surface area contributed by atoms with Crippen molar-refractivity contribution in [3.05, 3.63) is 11.6 Å². The Kier molecular flexibility index (Phi) is 2.69. The molecule has 1 aliphatic rings. The van der Waals surface area contributed by atoms with Gasteiger partial charge in [0.1, 0.15) is 0 Å². The Morgan fingerprint density at radius 1 is 1.73 bits per heavy atom. The Morgan fingerprint density at radius 3 is 2.91 bits per heavy atom. The third-order valence-electron chi connectivity index (χ3n) is 2.17. The molecule has 62 valence electrons. The van der Waals surface area contributed by atoms with Gasteiger partial charge in [-0.2, -0.15) is 0 Å². The van der Waals surface area contributed by atoms with Gasteiger partial charge < -0.3 is 4.74 Å². The van der Waals surface area contributed by atoms with Crippen molar-refractivity contribution in [1.82, 2.24) is 0 Å². The predicted octanol–water partition coefficient (Wildman–Crippen LogP) is 1.91. The topological polar surface area (TPSA) is 26.3 Å². The average molecular weight is 154 g/mol. The Hall–Kier alpha value is -0.790. The molecule has 0 amide bonds. The van der Waals surface area contributed by atoms with E-state index in [4.69, 9.17) is 0 Å². The highest BCUT2D eigenvalue weighted by Gasteiger charge is 2.20. The smallest absolute Gasteiger partial charge is 0.308 e. The lowest BCUT2D eigenvalue weighted by Gasteiger charge is -2.17. The Balaban J connectivity index is 2.47. The first-order valence-corrected chi connectivity index (χ1v) is 3.97. The summed E-state index contributed by atoms with van der Waals surface area (Å²) >= 11 is 0. The molecule has 0 aromatic carbocycles. The SMILES string of the molecule is COC(=O)C1CC=C(C)CC1. The van der Waals surface area contributed by atoms with Gasteiger partial charge in [0.15, 0.2) is 0 Å². The van der Waals surface area contributed by atoms with E-state index < -0.39 is 0 Å². The maximum Gasteiger partial charge on any atom is 0.308 e. The lowest BCUT2D eigenvalue weighted by Crippen LogP contribution is -2.17. The number of carbonyl (C=O) groups excluding carboxylic acids is 1. The van der Waals surface area contributed by atoms with Gasteiger partial charge in [0.2, 0.25) is 0 Å². The Labute approximate surface area is 67.2 Å². The van der Waals surface area contributed by atoms with Crippen LogP contribution in [0, 0.1) is 5.92 Å². The molecule has 2 nitrogen and oxygen atoms in total. The number of allylic oxidation sites excluding steroid dienone is 2. The zero-order chi connectivity index (χ0) is 8.27. The molecule has 0 N–H and O–H groups in total. The zero-order valence-electron chi connectivity index (χ0n) is 7.09. The van der Waals surface area contributed by atoms with Gasteiger partial charge in [-0.15, -0.1) is 0 Å². The van der Waals surface area contributed by atoms with E-state index in [1.807, 2.05) is 0 Å². The summed E-state index contributed by atoms with van der Waals surface area (Å²) in [5, 5.41) is 0. The van der Waals surface area contributed by atoms with Gasteiger partial charge in [-0.25, -0.2) is 0 Å². The second kappa shape index (κ2) is 3.56. The molecular weight excluding hydrogens is 140 g/mol. The van der Waals surface area contributed by atoms with Gasteiger partial charge in [0, 0.05) is 0 Å². The molecule has 0 heterocycles. The summed E-state index contributed by atoms with van der Waals surface area (Å²) in [5.41, 5.74) is 1.39. The van der Waals surface area contributed by atoms with Gasteiger partial charge in [0.05, 0.1) is 13.0 Å². The fourth-order valence-corrected chi connectivity index (χ4v) is 1.35. The summed E-state index contributed by atoms with van der Waals surface area (Å²) in [7, 11) is 1.45. The number of methoxy groups -OCH3 is 1. The normalized spacial score (nSPS) is 24.2. The fourth-order valence-electron chi connectivity index (χ4n) is 1.35. The van der Waals surface area contributed by atoms with Crippen molar-refractivity contribution in [3.8, 4) is 0 Å². The van der Waals surface area contributed by atoms with Crippen LogP contribution in [0.5, 0.6) is 0 Å². The van der Waals surface area contributed by atoms with Crippen LogP contribution in [0.15, 0.2) is 11.6 Å². The van der Waals surface area contributed by atoms with Gasteiger partial charge >= 0.3 is 5.97 Å². The molecule has 0 aliphatic heterocycles. The Bertz CT molecular complexity index is 182. The summed E-state index contributed by atoms with van der Waals surface area (Å²) in [5.74, 6) is 0.0532. The third kappa shape index (κ3) is 2.07. The van der Waals surface area contributed by atoms with E-state index in [1.165, 1.54) is 12.7 Å². The second-order valence-electron chi connectivity index (χ2n) is 3.04. The van der Waals surface area contributed by atoms with Gasteiger partial charge in [-0.05, 0) is 26.2 Å². The van der Waals surface area contributed by atoms with Crippen LogP contribution in [-0.2, 0) is 9.53 Å². The minimum Gasteiger partial charge on any atom is -0.469 e. The molecule has 0 aromatic rings. The van der Waals surface area contributed by atoms with E-state index in [0.29, 0.717) is 0 Å². The third-order valence-corrected chi connectivity index (χ3v) is 2.17. The van der Waals surface area contributed by atoms with E-state index in [1.54, 1.807) is 0 Å². The lowest BCUT2D eigenvalue weighted by molar-refractivity contribution is -0.145. The van der Waals surface area contributed by atoms with Crippen molar-refractivity contribution in [2.45, 2.75) is 26.2 Å². The van der Waals surface area contributed by atoms with Crippen LogP contribution in [0.1, 0.15) is 26.2 Å². The maximum absolute atomic E-state index is 11.0. The molecule has 11 heavy (non-hydrogen) atoms. The molecule has 1 atom stereocenters. The monoisotopic (exact) mass is 154 g/mol. The number of ether oxygens (including phenoxy) is 1. The molecule has 1 rings (SSSR count). The van der Waals surface area contributed by atoms with Crippen molar-refractivity contribution in [1.29, 1.82) is 0 Å². The quantitative estimate of drug-likeness (QED) is 0.426. The van der Waals surface area contributed by atoms with Crippen LogP contribution < -0.4 is 0 Å². The first kappa shape index (κ1) is 8.31. The van der Waals surface area contributed by atoms with Crippen LogP contribution in [0.4, 0.5) is 0 Å². The van der Waals surface area contributed by atoms with E-state index in [-0.39, 0.29) is 11.9 Å². The van der Waals surface area contributed by atoms with E-state index in [0.717, 1.165) is 19.3 Å². The number of carbonyl (C=O) groups is 1. The molecule has 1 aliphatic carbocycles. The van der Waals surface area contributed by atoms with Crippen LogP contribution in [0.3, 0.4) is 0 Å². The number of rotatable bonds is 1. The highest BCUT2D eigenvalue weighted by Crippen LogP contribution is 2.23. The zero-order valence-corrected chi connectivity index (χ0v) is 7.09. The molecule has 0 spiro atoms. The standard InChI is InChI=1S/C9H14O2/c1-7-3-5-8(6-4-7)9(10)11-2/h3,8H,4-6H2,1-2H3. The van der Waals surface area contributed by atoms with Crippen LogP contribution in [0.2, 0.25) is 0 Å². The van der Waals surface area contributed by atoms with E-state index in [9.17, 15) is 4.79 Å². The fraction of sp³-hybridized carbons (Fsp3) is 0.667. The van der Waals surface area contributed by atoms with Gasteiger partial charge in [-0.3, -0.25) is 4.79 Å². The highest BCUT2D eigenvalue weighted by atomic mass is 16.5. The van der Waals surface area contributed by atoms with Crippen molar-refractivity contribution in [3.63, 3.8) is 0 Å². The second-order valence-corrected chi connectivity index (χ2v) is 3.04. The molecule has 0 saturated carbocycles. The van der Waals surface area contributed by atoms with Crippen molar-refractivity contribution in [2.24, 2.45) is 5.92 Å². The molecule has 0 fully saturated rings. The maximum atomic E-state index is 11.0. The van der Waals surface area contributed by atoms with Crippen LogP contribution in [-0.4, -0.2) is 13.1 Å². The van der Waals surface area contributed by atoms with Crippen LogP contribution in [0.25, 0.3) is 0 Å². The molecule has 0 aromatic heterocycles. The molecule has 2 heteroatoms. The largest absolute Gasteiger partial charge is 0.469 e. The first-order chi connectivity index (χ1) is 5.24. The molecule has 1 unspecified atom stereocenters. The number of hydrogen-bond donors (Lipinski definition) is 0. The number of esters is 1. The van der Waals surface area contributed by atoms with Crippen LogP contribution >= 0.6 is 0 Å². The van der Waals surface area contributed by atoms with Gasteiger partial charge in [-0.1, -0.05) is 11.6 Å². The van der Waals surface area contributed by atoms with E-state index >= 15 is 0 Å². The molecular formula is C9H14O2. The number of hydrogen-bond acceptors (Lipinski definition) is 2. The summed E-state index contributed by atoms with van der Waals surface area (Å²) in [6, 6.07) is 0. The minimum atomic E-state index is -0.0613. The first-order valence-electron chi connectivity index (χ1n) is 3.97. The summed E-state index contributed by atoms with van der Waals surface area (Å²) in [6.45, 7) is 2.10. The predicted molar refractivity (Wildman–Crippen MR) is 43.1 cm³/mol. The van der Waals surface area contributed by atoms with Crippen molar-refractivity contribution >= 4 is 5.97 Å². The molecule has 0 bridgehead atoms. The van der Waals surface area contributed by atoms with Crippen molar-refractivity contribution < 1.29 is 9.53 Å². The average Bonchev–Trinajstić information content (AvgIpc) is 2.05. The molecule has 0 saturated heterocycles. The van der Waals surface area contributed by atoms with Gasteiger partial charge in [0.25, 0.3) is 0 Å². The Morgan fingerprint density at radius 2 is 2.45 bits per heavy atom. The van der Waals surface area contributed by atoms with E-state index in [2.05, 4.69) is 17.7 Å². The van der Waals surface area contributed by atoms with Crippen molar-refractivity contribution in [2.75, 3.05) is 7.11 Å². The highest BCUT2D eigenvalue weighted by molar-refractivity contribution is 5.72. The summed E-state index contributed by atoms with van der Waals surface area (Å²) in [6.07, 6.45) is 4.98. The molecule has 0 radical (unpaired) electrons. The minimum absolute atomic E-state index is 0.0613.